The topological polar surface area (TPSA) is 122 Å². The molecule has 1 saturated heterocycles. The normalized spacial score (nSPS) is 24.9. The van der Waals surface area contributed by atoms with Gasteiger partial charge in [0.05, 0.1) is 24.9 Å². The van der Waals surface area contributed by atoms with Crippen LogP contribution in [0.1, 0.15) is 50.6 Å². The molecule has 2 amide bonds. The number of rotatable bonds is 7. The van der Waals surface area contributed by atoms with Crippen molar-refractivity contribution in [1.82, 2.24) is 20.3 Å². The minimum atomic E-state index is -0.852. The van der Waals surface area contributed by atoms with E-state index in [2.05, 4.69) is 20.9 Å². The molecule has 0 spiro atoms. The fourth-order valence-electron chi connectivity index (χ4n) is 4.49. The maximum atomic E-state index is 13.0. The zero-order valence-electron chi connectivity index (χ0n) is 17.9. The highest BCUT2D eigenvalue weighted by molar-refractivity contribution is 5.89. The number of hydrogen-bond acceptors (Lipinski definition) is 6. The summed E-state index contributed by atoms with van der Waals surface area (Å²) in [5.41, 5.74) is 0.257. The molecule has 1 aromatic carbocycles. The average Bonchev–Trinajstić information content (AvgIpc) is 3.45. The number of anilines is 1. The molecule has 1 aromatic heterocycles. The van der Waals surface area contributed by atoms with Gasteiger partial charge >= 0.3 is 6.03 Å². The molecule has 4 rings (SSSR count). The third-order valence-corrected chi connectivity index (χ3v) is 6.34. The minimum absolute atomic E-state index is 0.0763. The molecule has 1 aliphatic heterocycles. The van der Waals surface area contributed by atoms with Gasteiger partial charge in [0, 0.05) is 12.2 Å². The van der Waals surface area contributed by atoms with Crippen LogP contribution < -0.4 is 10.6 Å². The van der Waals surface area contributed by atoms with E-state index >= 15 is 0 Å². The van der Waals surface area contributed by atoms with Crippen LogP contribution in [0.15, 0.2) is 30.5 Å². The highest BCUT2D eigenvalue weighted by Crippen LogP contribution is 2.37. The summed E-state index contributed by atoms with van der Waals surface area (Å²) in [5.74, 6) is -0.375. The lowest BCUT2D eigenvalue weighted by Crippen LogP contribution is -2.52. The van der Waals surface area contributed by atoms with E-state index in [4.69, 9.17) is 4.74 Å². The first-order valence-electron chi connectivity index (χ1n) is 11.2. The van der Waals surface area contributed by atoms with Crippen molar-refractivity contribution in [3.63, 3.8) is 0 Å². The Morgan fingerprint density at radius 2 is 2.00 bits per heavy atom. The van der Waals surface area contributed by atoms with Crippen LogP contribution in [0, 0.1) is 5.82 Å². The van der Waals surface area contributed by atoms with Gasteiger partial charge in [-0.3, -0.25) is 4.68 Å². The van der Waals surface area contributed by atoms with Gasteiger partial charge in [-0.15, -0.1) is 5.10 Å². The van der Waals surface area contributed by atoms with Gasteiger partial charge in [0.25, 0.3) is 0 Å². The molecule has 0 bridgehead atoms. The zero-order valence-corrected chi connectivity index (χ0v) is 17.9. The fraction of sp³-hybridized carbons (Fsp3) is 0.591. The summed E-state index contributed by atoms with van der Waals surface area (Å²) < 4.78 is 20.7. The van der Waals surface area contributed by atoms with Crippen molar-refractivity contribution in [3.8, 4) is 0 Å². The SMILES string of the molecule is O=C(Nc1ccc(F)cc1)N[C@H]1CC[C@@H](CCn2cc(C3(O)CCCC3)nn2)O[C@H]1CO. The molecule has 2 aliphatic rings. The molecule has 1 saturated carbocycles. The predicted octanol–water partition coefficient (Wildman–Crippen LogP) is 2.30. The summed E-state index contributed by atoms with van der Waals surface area (Å²) in [7, 11) is 0. The fourth-order valence-corrected chi connectivity index (χ4v) is 4.49. The number of carbonyl (C=O) groups is 1. The lowest BCUT2D eigenvalue weighted by atomic mass is 9.97. The summed E-state index contributed by atoms with van der Waals surface area (Å²) in [5, 5.41) is 34.2. The van der Waals surface area contributed by atoms with Gasteiger partial charge in [0.15, 0.2) is 0 Å². The highest BCUT2D eigenvalue weighted by Gasteiger charge is 2.36. The quantitative estimate of drug-likeness (QED) is 0.517. The first kappa shape index (κ1) is 22.6. The van der Waals surface area contributed by atoms with Crippen LogP contribution in [0.5, 0.6) is 0 Å². The minimum Gasteiger partial charge on any atom is -0.394 e. The number of aryl methyl sites for hydroxylation is 1. The van der Waals surface area contributed by atoms with Gasteiger partial charge < -0.3 is 25.6 Å². The van der Waals surface area contributed by atoms with E-state index in [0.29, 0.717) is 30.8 Å². The molecule has 0 unspecified atom stereocenters. The van der Waals surface area contributed by atoms with Crippen LogP contribution in [0.2, 0.25) is 0 Å². The van der Waals surface area contributed by atoms with Gasteiger partial charge in [0.1, 0.15) is 23.2 Å². The molecule has 0 radical (unpaired) electrons. The van der Waals surface area contributed by atoms with Crippen LogP contribution in [-0.2, 0) is 16.9 Å². The molecule has 9 nitrogen and oxygen atoms in total. The number of carbonyl (C=O) groups excluding carboxylic acids is 1. The van der Waals surface area contributed by atoms with E-state index in [1.807, 2.05) is 6.20 Å². The first-order valence-corrected chi connectivity index (χ1v) is 11.2. The molecule has 174 valence electrons. The molecule has 32 heavy (non-hydrogen) atoms. The van der Waals surface area contributed by atoms with E-state index in [1.165, 1.54) is 24.3 Å². The maximum Gasteiger partial charge on any atom is 0.319 e. The second-order valence-electron chi connectivity index (χ2n) is 8.66. The second kappa shape index (κ2) is 9.93. The van der Waals surface area contributed by atoms with Crippen LogP contribution in [-0.4, -0.2) is 56.1 Å². The predicted molar refractivity (Wildman–Crippen MR) is 114 cm³/mol. The highest BCUT2D eigenvalue weighted by atomic mass is 19.1. The number of aliphatic hydroxyl groups excluding tert-OH is 1. The first-order chi connectivity index (χ1) is 15.4. The number of benzene rings is 1. The number of ether oxygens (including phenoxy) is 1. The van der Waals surface area contributed by atoms with Gasteiger partial charge in [-0.2, -0.15) is 0 Å². The average molecular weight is 448 g/mol. The number of aromatic nitrogens is 3. The molecule has 4 N–H and O–H groups in total. The Balaban J connectivity index is 1.25. The van der Waals surface area contributed by atoms with Gasteiger partial charge in [-0.1, -0.05) is 18.1 Å². The van der Waals surface area contributed by atoms with E-state index in [0.717, 1.165) is 32.1 Å². The Morgan fingerprint density at radius 3 is 2.72 bits per heavy atom. The number of hydrogen-bond donors (Lipinski definition) is 4. The molecule has 3 atom stereocenters. The van der Waals surface area contributed by atoms with Crippen molar-refractivity contribution in [3.05, 3.63) is 42.0 Å². The maximum absolute atomic E-state index is 13.0. The summed E-state index contributed by atoms with van der Waals surface area (Å²) in [4.78, 5) is 12.3. The summed E-state index contributed by atoms with van der Waals surface area (Å²) >= 11 is 0. The van der Waals surface area contributed by atoms with Crippen LogP contribution in [0.3, 0.4) is 0 Å². The number of halogens is 1. The monoisotopic (exact) mass is 447 g/mol. The molecule has 2 heterocycles. The van der Waals surface area contributed by atoms with Crippen molar-refractivity contribution in [2.45, 2.75) is 75.3 Å². The smallest absolute Gasteiger partial charge is 0.319 e. The molecule has 10 heteroatoms. The van der Waals surface area contributed by atoms with Crippen molar-refractivity contribution in [2.75, 3.05) is 11.9 Å². The van der Waals surface area contributed by atoms with Gasteiger partial charge in [-0.05, 0) is 56.4 Å². The Morgan fingerprint density at radius 1 is 1.25 bits per heavy atom. The molecule has 1 aliphatic carbocycles. The Kier molecular flexibility index (Phi) is 7.02. The van der Waals surface area contributed by atoms with Gasteiger partial charge in [-0.25, -0.2) is 9.18 Å². The van der Waals surface area contributed by atoms with Crippen LogP contribution >= 0.6 is 0 Å². The summed E-state index contributed by atoms with van der Waals surface area (Å²) in [6.45, 7) is 0.382. The zero-order chi connectivity index (χ0) is 22.6. The number of nitrogens with one attached hydrogen (secondary N) is 2. The van der Waals surface area contributed by atoms with Crippen molar-refractivity contribution in [1.29, 1.82) is 0 Å². The standard InChI is InChI=1S/C22H30FN5O4/c23-15-3-5-16(6-4-15)24-21(30)25-18-8-7-17(32-19(18)14-29)9-12-28-13-20(26-27-28)22(31)10-1-2-11-22/h3-6,13,17-19,29,31H,1-2,7-12,14H2,(H2,24,25,30)/t17-,18-,19-/m0/s1. The second-order valence-corrected chi connectivity index (χ2v) is 8.66. The van der Waals surface area contributed by atoms with Crippen LogP contribution in [0.4, 0.5) is 14.9 Å². The van der Waals surface area contributed by atoms with Crippen molar-refractivity contribution < 1.29 is 24.1 Å². The Bertz CT molecular complexity index is 900. The van der Waals surface area contributed by atoms with Gasteiger partial charge in [0.2, 0.25) is 0 Å². The molecular weight excluding hydrogens is 417 g/mol. The third kappa shape index (κ3) is 5.43. The largest absolute Gasteiger partial charge is 0.394 e. The van der Waals surface area contributed by atoms with E-state index in [9.17, 15) is 19.4 Å². The van der Waals surface area contributed by atoms with E-state index in [1.54, 1.807) is 4.68 Å². The Hall–Kier alpha value is -2.56. The third-order valence-electron chi connectivity index (χ3n) is 6.34. The Labute approximate surface area is 186 Å². The summed E-state index contributed by atoms with van der Waals surface area (Å²) in [6, 6.07) is 4.74. The van der Waals surface area contributed by atoms with E-state index < -0.39 is 17.7 Å². The molecule has 2 fully saturated rings. The van der Waals surface area contributed by atoms with E-state index in [-0.39, 0.29) is 24.6 Å². The summed E-state index contributed by atoms with van der Waals surface area (Å²) in [6.07, 6.45) is 6.73. The lowest BCUT2D eigenvalue weighted by Gasteiger charge is -2.36. The number of aliphatic hydroxyl groups is 2. The van der Waals surface area contributed by atoms with Crippen LogP contribution in [0.25, 0.3) is 0 Å². The van der Waals surface area contributed by atoms with Crippen molar-refractivity contribution >= 4 is 11.7 Å². The lowest BCUT2D eigenvalue weighted by molar-refractivity contribution is -0.0905. The number of amides is 2. The number of nitrogens with zero attached hydrogens (tertiary/aromatic N) is 3. The van der Waals surface area contributed by atoms with Crippen molar-refractivity contribution in [2.24, 2.45) is 0 Å². The number of urea groups is 1. The molecule has 2 aromatic rings. The molecular formula is C22H30FN5O4.